The van der Waals surface area contributed by atoms with Gasteiger partial charge >= 0.3 is 0 Å². The fourth-order valence-corrected chi connectivity index (χ4v) is 4.85. The van der Waals surface area contributed by atoms with Crippen LogP contribution in [0.15, 0.2) is 79.1 Å². The lowest BCUT2D eigenvalue weighted by atomic mass is 9.97. The van der Waals surface area contributed by atoms with Gasteiger partial charge in [-0.25, -0.2) is 9.67 Å². The van der Waals surface area contributed by atoms with E-state index in [-0.39, 0.29) is 31.0 Å². The van der Waals surface area contributed by atoms with E-state index in [2.05, 4.69) is 15.4 Å². The van der Waals surface area contributed by atoms with Gasteiger partial charge in [-0.15, -0.1) is 0 Å². The first kappa shape index (κ1) is 25.9. The summed E-state index contributed by atoms with van der Waals surface area (Å²) in [5.41, 5.74) is 8.05. The topological polar surface area (TPSA) is 121 Å². The minimum Gasteiger partial charge on any atom is -0.365 e. The van der Waals surface area contributed by atoms with Crippen molar-refractivity contribution in [1.82, 2.24) is 20.1 Å². The van der Waals surface area contributed by atoms with Crippen LogP contribution in [0.1, 0.15) is 15.9 Å². The van der Waals surface area contributed by atoms with E-state index in [1.54, 1.807) is 48.8 Å². The summed E-state index contributed by atoms with van der Waals surface area (Å²) in [5, 5.41) is 8.43. The minimum atomic E-state index is -1.81. The number of carbonyl (C=O) groups is 2. The quantitative estimate of drug-likeness (QED) is 0.343. The molecule has 194 valence electrons. The number of ether oxygens (including phenoxy) is 2. The summed E-state index contributed by atoms with van der Waals surface area (Å²) >= 11 is 12.4. The minimum absolute atomic E-state index is 0.172. The summed E-state index contributed by atoms with van der Waals surface area (Å²) in [5.74, 6) is -2.85. The monoisotopic (exact) mass is 551 g/mol. The van der Waals surface area contributed by atoms with E-state index in [0.29, 0.717) is 21.3 Å². The molecule has 2 amide bonds. The van der Waals surface area contributed by atoms with Crippen molar-refractivity contribution in [1.29, 1.82) is 0 Å². The maximum Gasteiger partial charge on any atom is 0.280 e. The van der Waals surface area contributed by atoms with Gasteiger partial charge in [0, 0.05) is 23.0 Å². The lowest BCUT2D eigenvalue weighted by Gasteiger charge is -2.33. The molecule has 4 aromatic rings. The van der Waals surface area contributed by atoms with Crippen LogP contribution in [0.4, 0.5) is 0 Å². The van der Waals surface area contributed by atoms with Crippen LogP contribution in [0.2, 0.25) is 10.0 Å². The first-order chi connectivity index (χ1) is 18.4. The van der Waals surface area contributed by atoms with Gasteiger partial charge < -0.3 is 20.5 Å². The molecule has 2 aromatic carbocycles. The Kier molecular flexibility index (Phi) is 7.44. The van der Waals surface area contributed by atoms with Crippen molar-refractivity contribution >= 4 is 35.0 Å². The Hall–Kier alpha value is -3.76. The largest absolute Gasteiger partial charge is 0.365 e. The number of halogens is 2. The van der Waals surface area contributed by atoms with Gasteiger partial charge in [0.1, 0.15) is 0 Å². The molecule has 1 aliphatic heterocycles. The highest BCUT2D eigenvalue weighted by molar-refractivity contribution is 6.36. The van der Waals surface area contributed by atoms with Crippen LogP contribution in [0.3, 0.4) is 0 Å². The molecule has 1 aliphatic rings. The van der Waals surface area contributed by atoms with Crippen LogP contribution in [0, 0.1) is 0 Å². The maximum atomic E-state index is 13.6. The van der Waals surface area contributed by atoms with Gasteiger partial charge in [-0.1, -0.05) is 53.5 Å². The van der Waals surface area contributed by atoms with Gasteiger partial charge in [-0.3, -0.25) is 9.59 Å². The number of hydrogen-bond donors (Lipinski definition) is 2. The van der Waals surface area contributed by atoms with Gasteiger partial charge in [0.2, 0.25) is 0 Å². The number of nitrogens with two attached hydrogens (primary N) is 1. The average molecular weight is 552 g/mol. The van der Waals surface area contributed by atoms with Crippen LogP contribution >= 0.6 is 23.2 Å². The summed E-state index contributed by atoms with van der Waals surface area (Å²) in [4.78, 5) is 30.5. The van der Waals surface area contributed by atoms with Crippen molar-refractivity contribution in [3.8, 4) is 17.1 Å². The average Bonchev–Trinajstić information content (AvgIpc) is 3.60. The molecule has 1 atom stereocenters. The Morgan fingerprint density at radius 3 is 2.53 bits per heavy atom. The van der Waals surface area contributed by atoms with Crippen LogP contribution in [0.25, 0.3) is 17.1 Å². The summed E-state index contributed by atoms with van der Waals surface area (Å²) in [6.45, 7) is 0.344. The molecule has 1 fully saturated rings. The van der Waals surface area contributed by atoms with Crippen molar-refractivity contribution in [3.63, 3.8) is 0 Å². The Morgan fingerprint density at radius 2 is 1.82 bits per heavy atom. The normalized spacial score (nSPS) is 15.2. The van der Waals surface area contributed by atoms with Crippen LogP contribution < -0.4 is 11.1 Å². The second-order valence-corrected chi connectivity index (χ2v) is 9.43. The van der Waals surface area contributed by atoms with E-state index in [4.69, 9.17) is 38.4 Å². The number of nitrogens with one attached hydrogen (secondary N) is 1. The number of pyridine rings is 1. The molecule has 0 spiro atoms. The van der Waals surface area contributed by atoms with Crippen molar-refractivity contribution in [2.24, 2.45) is 5.73 Å². The highest BCUT2D eigenvalue weighted by atomic mass is 35.5. The van der Waals surface area contributed by atoms with E-state index >= 15 is 0 Å². The van der Waals surface area contributed by atoms with Crippen molar-refractivity contribution in [2.45, 2.75) is 18.2 Å². The summed E-state index contributed by atoms with van der Waals surface area (Å²) in [7, 11) is 0. The maximum absolute atomic E-state index is 13.6. The summed E-state index contributed by atoms with van der Waals surface area (Å²) < 4.78 is 12.9. The van der Waals surface area contributed by atoms with Crippen LogP contribution in [-0.2, 0) is 20.7 Å². The smallest absolute Gasteiger partial charge is 0.280 e. The number of rotatable bonds is 8. The van der Waals surface area contributed by atoms with E-state index in [1.165, 1.54) is 4.68 Å². The highest BCUT2D eigenvalue weighted by Crippen LogP contribution is 2.30. The summed E-state index contributed by atoms with van der Waals surface area (Å²) in [6.07, 6.45) is 3.47. The van der Waals surface area contributed by atoms with E-state index in [9.17, 15) is 9.59 Å². The Bertz CT molecular complexity index is 1470. The number of amides is 2. The molecule has 0 bridgehead atoms. The molecule has 3 heterocycles. The third kappa shape index (κ3) is 5.14. The third-order valence-corrected chi connectivity index (χ3v) is 6.70. The predicted molar refractivity (Wildman–Crippen MR) is 142 cm³/mol. The molecule has 1 saturated heterocycles. The zero-order chi connectivity index (χ0) is 26.7. The number of carbonyl (C=O) groups excluding carboxylic acids is 2. The van der Waals surface area contributed by atoms with Gasteiger partial charge in [0.05, 0.1) is 35.5 Å². The third-order valence-electron chi connectivity index (χ3n) is 6.15. The van der Waals surface area contributed by atoms with Gasteiger partial charge in [0.25, 0.3) is 17.6 Å². The zero-order valence-corrected chi connectivity index (χ0v) is 21.5. The van der Waals surface area contributed by atoms with E-state index in [1.807, 2.05) is 30.3 Å². The molecular formula is C27H23Cl2N5O4. The number of aromatic nitrogens is 3. The van der Waals surface area contributed by atoms with Crippen molar-refractivity contribution in [3.05, 3.63) is 100 Å². The molecule has 0 radical (unpaired) electrons. The van der Waals surface area contributed by atoms with Gasteiger partial charge in [-0.2, -0.15) is 5.10 Å². The SMILES string of the molecule is NC(=O)C1(C(Cc2ccccc2)NC(=O)c2cccnc2-n2ccc(-c3ccc(Cl)cc3Cl)n2)OCCO1. The highest BCUT2D eigenvalue weighted by Gasteiger charge is 2.51. The van der Waals surface area contributed by atoms with Crippen molar-refractivity contribution in [2.75, 3.05) is 13.2 Å². The molecule has 1 unspecified atom stereocenters. The first-order valence-electron chi connectivity index (χ1n) is 11.8. The Morgan fingerprint density at radius 1 is 1.05 bits per heavy atom. The molecule has 3 N–H and O–H groups in total. The number of nitrogens with zero attached hydrogens (tertiary/aromatic N) is 3. The van der Waals surface area contributed by atoms with Crippen LogP contribution in [-0.4, -0.2) is 51.6 Å². The number of hydrogen-bond acceptors (Lipinski definition) is 6. The fraction of sp³-hybridized carbons (Fsp3) is 0.185. The lowest BCUT2D eigenvalue weighted by molar-refractivity contribution is -0.189. The molecule has 0 aliphatic carbocycles. The Labute approximate surface area is 228 Å². The van der Waals surface area contributed by atoms with E-state index < -0.39 is 23.6 Å². The Balaban J connectivity index is 1.47. The number of primary amides is 1. The second kappa shape index (κ2) is 10.9. The summed E-state index contributed by atoms with van der Waals surface area (Å²) in [6, 6.07) is 18.6. The molecule has 5 rings (SSSR count). The molecule has 9 nitrogen and oxygen atoms in total. The molecule has 11 heteroatoms. The van der Waals surface area contributed by atoms with Crippen LogP contribution in [0.5, 0.6) is 0 Å². The molecular weight excluding hydrogens is 529 g/mol. The number of benzene rings is 2. The molecule has 38 heavy (non-hydrogen) atoms. The lowest BCUT2D eigenvalue weighted by Crippen LogP contribution is -2.61. The van der Waals surface area contributed by atoms with Gasteiger partial charge in [-0.05, 0) is 48.4 Å². The molecule has 0 saturated carbocycles. The van der Waals surface area contributed by atoms with Crippen molar-refractivity contribution < 1.29 is 19.1 Å². The van der Waals surface area contributed by atoms with E-state index in [0.717, 1.165) is 5.56 Å². The zero-order valence-electron chi connectivity index (χ0n) is 20.0. The standard InChI is InChI=1S/C27H23Cl2N5O4/c28-18-8-9-19(21(29)16-18)22-10-12-34(33-22)24-20(7-4-11-31-24)25(35)32-23(15-17-5-2-1-3-6-17)27(26(30)36)37-13-14-38-27/h1-12,16,23H,13-15H2,(H2,30,36)(H,32,35). The second-order valence-electron chi connectivity index (χ2n) is 8.59. The fourth-order valence-electron chi connectivity index (χ4n) is 4.35. The van der Waals surface area contributed by atoms with Gasteiger partial charge in [0.15, 0.2) is 5.82 Å². The molecule has 2 aromatic heterocycles. The first-order valence-corrected chi connectivity index (χ1v) is 12.5. The predicted octanol–water partition coefficient (Wildman–Crippen LogP) is 3.81.